The second kappa shape index (κ2) is 6.85. The number of carbonyl (C=O) groups is 2. The number of fused-ring (bicyclic) bond motifs is 3. The number of rotatable bonds is 3. The second-order valence-electron chi connectivity index (χ2n) is 5.82. The van der Waals surface area contributed by atoms with E-state index in [0.717, 1.165) is 21.8 Å². The van der Waals surface area contributed by atoms with Gasteiger partial charge in [-0.3, -0.25) is 4.79 Å². The van der Waals surface area contributed by atoms with Crippen molar-refractivity contribution in [2.75, 3.05) is 32.9 Å². The Balaban J connectivity index is 1.44. The molecule has 0 bridgehead atoms. The van der Waals surface area contributed by atoms with Gasteiger partial charge in [0.25, 0.3) is 5.91 Å². The zero-order valence-electron chi connectivity index (χ0n) is 13.5. The lowest BCUT2D eigenvalue weighted by atomic mass is 10.1. The van der Waals surface area contributed by atoms with Crippen molar-refractivity contribution >= 4 is 23.2 Å². The van der Waals surface area contributed by atoms with Gasteiger partial charge >= 0.3 is 5.97 Å². The van der Waals surface area contributed by atoms with E-state index in [4.69, 9.17) is 14.2 Å². The van der Waals surface area contributed by atoms with E-state index < -0.39 is 5.97 Å². The summed E-state index contributed by atoms with van der Waals surface area (Å²) in [6, 6.07) is 9.54. The molecule has 0 N–H and O–H groups in total. The first-order valence-corrected chi connectivity index (χ1v) is 8.91. The van der Waals surface area contributed by atoms with E-state index in [9.17, 15) is 9.59 Å². The molecule has 25 heavy (non-hydrogen) atoms. The molecule has 0 saturated carbocycles. The van der Waals surface area contributed by atoms with Gasteiger partial charge in [0.1, 0.15) is 17.2 Å². The topological polar surface area (TPSA) is 65.1 Å². The molecule has 2 aliphatic rings. The second-order valence-corrected chi connectivity index (χ2v) is 6.87. The first kappa shape index (κ1) is 16.1. The number of benzene rings is 1. The van der Waals surface area contributed by atoms with Crippen LogP contribution in [0.2, 0.25) is 0 Å². The van der Waals surface area contributed by atoms with Gasteiger partial charge in [0.2, 0.25) is 0 Å². The molecule has 0 atom stereocenters. The number of carbonyl (C=O) groups excluding carboxylic acids is 2. The van der Waals surface area contributed by atoms with Crippen molar-refractivity contribution < 1.29 is 23.8 Å². The van der Waals surface area contributed by atoms with Crippen LogP contribution < -0.4 is 4.74 Å². The van der Waals surface area contributed by atoms with Crippen LogP contribution in [0.25, 0.3) is 10.4 Å². The molecule has 1 saturated heterocycles. The Hall–Kier alpha value is -2.38. The molecule has 0 radical (unpaired) electrons. The van der Waals surface area contributed by atoms with E-state index in [1.165, 1.54) is 11.3 Å². The standard InChI is InChI=1S/C18H17NO5S/c20-16(19-5-7-22-8-6-19)11-24-18(21)15-9-12-10-23-14-4-2-1-3-13(14)17(12)25-15/h1-4,9H,5-8,10-11H2. The number of para-hydroxylation sites is 1. The molecule has 7 heteroatoms. The minimum Gasteiger partial charge on any atom is -0.488 e. The predicted octanol–water partition coefficient (Wildman–Crippen LogP) is 2.32. The summed E-state index contributed by atoms with van der Waals surface area (Å²) in [6.07, 6.45) is 0. The van der Waals surface area contributed by atoms with E-state index in [0.29, 0.717) is 37.8 Å². The maximum atomic E-state index is 12.3. The average molecular weight is 359 g/mol. The molecular weight excluding hydrogens is 342 g/mol. The lowest BCUT2D eigenvalue weighted by molar-refractivity contribution is -0.138. The van der Waals surface area contributed by atoms with Crippen LogP contribution in [-0.2, 0) is 20.9 Å². The molecule has 1 aromatic carbocycles. The van der Waals surface area contributed by atoms with Crippen molar-refractivity contribution in [2.24, 2.45) is 0 Å². The third-order valence-corrected chi connectivity index (χ3v) is 5.41. The molecule has 130 valence electrons. The maximum Gasteiger partial charge on any atom is 0.348 e. The van der Waals surface area contributed by atoms with Crippen LogP contribution in [-0.4, -0.2) is 49.7 Å². The number of amides is 1. The monoisotopic (exact) mass is 359 g/mol. The highest BCUT2D eigenvalue weighted by molar-refractivity contribution is 7.17. The largest absolute Gasteiger partial charge is 0.488 e. The van der Waals surface area contributed by atoms with Crippen LogP contribution in [0.4, 0.5) is 0 Å². The van der Waals surface area contributed by atoms with Crippen LogP contribution in [0.1, 0.15) is 15.2 Å². The summed E-state index contributed by atoms with van der Waals surface area (Å²) in [4.78, 5) is 27.5. The van der Waals surface area contributed by atoms with E-state index >= 15 is 0 Å². The van der Waals surface area contributed by atoms with Crippen molar-refractivity contribution in [1.29, 1.82) is 0 Å². The summed E-state index contributed by atoms with van der Waals surface area (Å²) in [6.45, 7) is 2.32. The van der Waals surface area contributed by atoms with E-state index in [1.54, 1.807) is 11.0 Å². The van der Waals surface area contributed by atoms with Gasteiger partial charge in [-0.25, -0.2) is 4.79 Å². The Morgan fingerprint density at radius 2 is 2.00 bits per heavy atom. The average Bonchev–Trinajstić information content (AvgIpc) is 3.11. The summed E-state index contributed by atoms with van der Waals surface area (Å²) >= 11 is 1.37. The van der Waals surface area contributed by atoms with Crippen molar-refractivity contribution in [2.45, 2.75) is 6.61 Å². The minimum atomic E-state index is -0.474. The molecule has 3 heterocycles. The minimum absolute atomic E-state index is 0.188. The van der Waals surface area contributed by atoms with Gasteiger partial charge in [0, 0.05) is 29.1 Å². The Morgan fingerprint density at radius 1 is 1.20 bits per heavy atom. The molecule has 1 fully saturated rings. The van der Waals surface area contributed by atoms with Gasteiger partial charge in [-0.05, 0) is 18.2 Å². The van der Waals surface area contributed by atoms with Crippen molar-refractivity contribution in [1.82, 2.24) is 4.90 Å². The van der Waals surface area contributed by atoms with Gasteiger partial charge in [0.05, 0.1) is 13.2 Å². The summed E-state index contributed by atoms with van der Waals surface area (Å²) in [5.41, 5.74) is 1.95. The smallest absolute Gasteiger partial charge is 0.348 e. The van der Waals surface area contributed by atoms with E-state index in [-0.39, 0.29) is 12.5 Å². The molecule has 2 aliphatic heterocycles. The fourth-order valence-electron chi connectivity index (χ4n) is 2.90. The Morgan fingerprint density at radius 3 is 2.84 bits per heavy atom. The number of morpholine rings is 1. The first-order chi connectivity index (χ1) is 12.2. The summed E-state index contributed by atoms with van der Waals surface area (Å²) in [5, 5.41) is 0. The van der Waals surface area contributed by atoms with Gasteiger partial charge in [-0.2, -0.15) is 0 Å². The van der Waals surface area contributed by atoms with Crippen LogP contribution >= 0.6 is 11.3 Å². The molecule has 1 aromatic heterocycles. The predicted molar refractivity (Wildman–Crippen MR) is 91.8 cm³/mol. The number of nitrogens with zero attached hydrogens (tertiary/aromatic N) is 1. The van der Waals surface area contributed by atoms with Gasteiger partial charge in [0.15, 0.2) is 6.61 Å². The molecule has 2 aromatic rings. The number of hydrogen-bond donors (Lipinski definition) is 0. The molecule has 6 nitrogen and oxygen atoms in total. The van der Waals surface area contributed by atoms with Crippen molar-refractivity contribution in [3.05, 3.63) is 40.8 Å². The lowest BCUT2D eigenvalue weighted by Crippen LogP contribution is -2.42. The summed E-state index contributed by atoms with van der Waals surface area (Å²) < 4.78 is 16.1. The molecule has 1 amide bonds. The molecule has 0 aliphatic carbocycles. The SMILES string of the molecule is O=C(OCC(=O)N1CCOCC1)c1cc2c(s1)-c1ccccc1OC2. The highest BCUT2D eigenvalue weighted by Gasteiger charge is 2.24. The number of thiophene rings is 1. The Bertz CT molecular complexity index is 810. The first-order valence-electron chi connectivity index (χ1n) is 8.10. The zero-order valence-corrected chi connectivity index (χ0v) is 14.3. The summed E-state index contributed by atoms with van der Waals surface area (Å²) in [5.74, 6) is 0.157. The Labute approximate surface area is 148 Å². The summed E-state index contributed by atoms with van der Waals surface area (Å²) in [7, 11) is 0. The highest BCUT2D eigenvalue weighted by atomic mass is 32.1. The highest BCUT2D eigenvalue weighted by Crippen LogP contribution is 2.42. The van der Waals surface area contributed by atoms with Gasteiger partial charge in [-0.15, -0.1) is 11.3 Å². The third kappa shape index (κ3) is 3.25. The van der Waals surface area contributed by atoms with Crippen LogP contribution in [0.5, 0.6) is 5.75 Å². The fourth-order valence-corrected chi connectivity index (χ4v) is 3.99. The van der Waals surface area contributed by atoms with Gasteiger partial charge < -0.3 is 19.1 Å². The van der Waals surface area contributed by atoms with Crippen molar-refractivity contribution in [3.63, 3.8) is 0 Å². The van der Waals surface area contributed by atoms with Crippen LogP contribution in [0, 0.1) is 0 Å². The number of ether oxygens (including phenoxy) is 3. The van der Waals surface area contributed by atoms with Gasteiger partial charge in [-0.1, -0.05) is 12.1 Å². The number of hydrogen-bond acceptors (Lipinski definition) is 6. The fraction of sp³-hybridized carbons (Fsp3) is 0.333. The lowest BCUT2D eigenvalue weighted by Gasteiger charge is -2.26. The van der Waals surface area contributed by atoms with E-state index in [1.807, 2.05) is 24.3 Å². The Kier molecular flexibility index (Phi) is 4.42. The molecular formula is C18H17NO5S. The maximum absolute atomic E-state index is 12.3. The van der Waals surface area contributed by atoms with Crippen molar-refractivity contribution in [3.8, 4) is 16.2 Å². The third-order valence-electron chi connectivity index (χ3n) is 4.22. The quantitative estimate of drug-likeness (QED) is 0.787. The molecule has 0 spiro atoms. The molecule has 0 unspecified atom stereocenters. The van der Waals surface area contributed by atoms with Crippen LogP contribution in [0.3, 0.4) is 0 Å². The normalized spacial score (nSPS) is 15.8. The van der Waals surface area contributed by atoms with Crippen LogP contribution in [0.15, 0.2) is 30.3 Å². The number of esters is 1. The molecule has 4 rings (SSSR count). The zero-order chi connectivity index (χ0) is 17.2. The van der Waals surface area contributed by atoms with E-state index in [2.05, 4.69) is 0 Å².